The minimum absolute atomic E-state index is 0.0300. The van der Waals surface area contributed by atoms with Gasteiger partial charge in [0.2, 0.25) is 0 Å². The minimum atomic E-state index is -0.742. The lowest BCUT2D eigenvalue weighted by Crippen LogP contribution is -2.43. The number of hydrogen-bond acceptors (Lipinski definition) is 3. The zero-order valence-corrected chi connectivity index (χ0v) is 12.0. The van der Waals surface area contributed by atoms with E-state index in [1.54, 1.807) is 0 Å². The van der Waals surface area contributed by atoms with Crippen molar-refractivity contribution in [2.45, 2.75) is 37.9 Å². The maximum atomic E-state index is 11.2. The number of aliphatic hydroxyl groups is 2. The van der Waals surface area contributed by atoms with Crippen molar-refractivity contribution in [1.29, 1.82) is 0 Å². The Morgan fingerprint density at radius 2 is 2.11 bits per heavy atom. The molecule has 0 unspecified atom stereocenters. The summed E-state index contributed by atoms with van der Waals surface area (Å²) in [4.78, 5) is 2.15. The Kier molecular flexibility index (Phi) is 4.61. The SMILES string of the molecule is CN(C)C[C@H]1CCCC[C@@]1(O)c1cccc(CO)c1. The molecule has 0 bridgehead atoms. The molecule has 19 heavy (non-hydrogen) atoms. The average Bonchev–Trinajstić information content (AvgIpc) is 2.41. The van der Waals surface area contributed by atoms with Gasteiger partial charge in [-0.25, -0.2) is 0 Å². The van der Waals surface area contributed by atoms with E-state index in [1.807, 2.05) is 24.3 Å². The van der Waals surface area contributed by atoms with Crippen LogP contribution in [0, 0.1) is 5.92 Å². The van der Waals surface area contributed by atoms with Crippen LogP contribution in [0.5, 0.6) is 0 Å². The Balaban J connectivity index is 2.30. The number of benzene rings is 1. The molecule has 0 spiro atoms. The molecule has 1 aliphatic rings. The molecule has 1 fully saturated rings. The van der Waals surface area contributed by atoms with Crippen LogP contribution in [-0.4, -0.2) is 35.8 Å². The topological polar surface area (TPSA) is 43.7 Å². The van der Waals surface area contributed by atoms with Crippen LogP contribution >= 0.6 is 0 Å². The summed E-state index contributed by atoms with van der Waals surface area (Å²) in [5, 5.41) is 20.4. The molecule has 0 heterocycles. The van der Waals surface area contributed by atoms with Crippen LogP contribution in [0.3, 0.4) is 0 Å². The normalized spacial score (nSPS) is 27.7. The van der Waals surface area contributed by atoms with Gasteiger partial charge >= 0.3 is 0 Å². The predicted octanol–water partition coefficient (Wildman–Crippen LogP) is 2.12. The van der Waals surface area contributed by atoms with Gasteiger partial charge < -0.3 is 15.1 Å². The van der Waals surface area contributed by atoms with Crippen LogP contribution < -0.4 is 0 Å². The monoisotopic (exact) mass is 263 g/mol. The van der Waals surface area contributed by atoms with Crippen molar-refractivity contribution in [3.05, 3.63) is 35.4 Å². The Hall–Kier alpha value is -0.900. The molecule has 0 aromatic heterocycles. The van der Waals surface area contributed by atoms with E-state index in [9.17, 15) is 10.2 Å². The summed E-state index contributed by atoms with van der Waals surface area (Å²) in [6.45, 7) is 0.933. The Bertz CT molecular complexity index is 419. The average molecular weight is 263 g/mol. The zero-order valence-electron chi connectivity index (χ0n) is 12.0. The van der Waals surface area contributed by atoms with Gasteiger partial charge in [0.05, 0.1) is 12.2 Å². The molecule has 106 valence electrons. The summed E-state index contributed by atoms with van der Waals surface area (Å²) in [6, 6.07) is 7.78. The first-order valence-corrected chi connectivity index (χ1v) is 7.13. The van der Waals surface area contributed by atoms with Gasteiger partial charge in [0.25, 0.3) is 0 Å². The van der Waals surface area contributed by atoms with Gasteiger partial charge in [0, 0.05) is 12.5 Å². The van der Waals surface area contributed by atoms with Gasteiger partial charge in [-0.1, -0.05) is 37.1 Å². The van der Waals surface area contributed by atoms with Gasteiger partial charge in [-0.3, -0.25) is 0 Å². The van der Waals surface area contributed by atoms with Crippen LogP contribution in [0.15, 0.2) is 24.3 Å². The molecule has 2 atom stereocenters. The van der Waals surface area contributed by atoms with Crippen molar-refractivity contribution in [3.63, 3.8) is 0 Å². The van der Waals surface area contributed by atoms with Crippen LogP contribution in [0.4, 0.5) is 0 Å². The second kappa shape index (κ2) is 6.04. The van der Waals surface area contributed by atoms with Gasteiger partial charge in [0.15, 0.2) is 0 Å². The standard InChI is InChI=1S/C16H25NO2/c1-17(2)11-15-7-3-4-9-16(15,19)14-8-5-6-13(10-14)12-18/h5-6,8,10,15,18-19H,3-4,7,9,11-12H2,1-2H3/t15-,16-/m1/s1. The highest BCUT2D eigenvalue weighted by molar-refractivity contribution is 5.29. The Morgan fingerprint density at radius 1 is 1.32 bits per heavy atom. The van der Waals surface area contributed by atoms with Crippen LogP contribution in [0.2, 0.25) is 0 Å². The lowest BCUT2D eigenvalue weighted by molar-refractivity contribution is -0.0619. The Labute approximate surface area is 115 Å². The largest absolute Gasteiger partial charge is 0.392 e. The zero-order chi connectivity index (χ0) is 13.9. The first-order valence-electron chi connectivity index (χ1n) is 7.13. The lowest BCUT2D eigenvalue weighted by Gasteiger charge is -2.42. The van der Waals surface area contributed by atoms with Crippen molar-refractivity contribution in [1.82, 2.24) is 4.90 Å². The molecule has 0 aliphatic heterocycles. The summed E-state index contributed by atoms with van der Waals surface area (Å²) >= 11 is 0. The fraction of sp³-hybridized carbons (Fsp3) is 0.625. The lowest BCUT2D eigenvalue weighted by atomic mass is 9.71. The van der Waals surface area contributed by atoms with E-state index in [-0.39, 0.29) is 12.5 Å². The summed E-state index contributed by atoms with van der Waals surface area (Å²) in [5.74, 6) is 0.269. The predicted molar refractivity (Wildman–Crippen MR) is 76.8 cm³/mol. The third kappa shape index (κ3) is 3.16. The van der Waals surface area contributed by atoms with Crippen LogP contribution in [0.1, 0.15) is 36.8 Å². The van der Waals surface area contributed by atoms with E-state index < -0.39 is 5.60 Å². The van der Waals surface area contributed by atoms with Gasteiger partial charge in [0.1, 0.15) is 0 Å². The van der Waals surface area contributed by atoms with E-state index in [2.05, 4.69) is 19.0 Å². The van der Waals surface area contributed by atoms with Crippen molar-refractivity contribution in [2.75, 3.05) is 20.6 Å². The highest BCUT2D eigenvalue weighted by atomic mass is 16.3. The molecule has 1 aromatic carbocycles. The molecular weight excluding hydrogens is 238 g/mol. The van der Waals surface area contributed by atoms with Gasteiger partial charge in [-0.15, -0.1) is 0 Å². The first kappa shape index (κ1) is 14.5. The van der Waals surface area contributed by atoms with Gasteiger partial charge in [-0.2, -0.15) is 0 Å². The van der Waals surface area contributed by atoms with E-state index in [0.29, 0.717) is 0 Å². The van der Waals surface area contributed by atoms with Crippen LogP contribution in [-0.2, 0) is 12.2 Å². The van der Waals surface area contributed by atoms with E-state index in [4.69, 9.17) is 0 Å². The molecule has 1 saturated carbocycles. The van der Waals surface area contributed by atoms with E-state index >= 15 is 0 Å². The fourth-order valence-corrected chi connectivity index (χ4v) is 3.23. The van der Waals surface area contributed by atoms with E-state index in [1.165, 1.54) is 6.42 Å². The highest BCUT2D eigenvalue weighted by Gasteiger charge is 2.40. The molecule has 0 radical (unpaired) electrons. The first-order chi connectivity index (χ1) is 9.06. The second-order valence-corrected chi connectivity index (χ2v) is 5.99. The molecule has 3 nitrogen and oxygen atoms in total. The molecule has 0 amide bonds. The molecule has 1 aromatic rings. The minimum Gasteiger partial charge on any atom is -0.392 e. The third-order valence-electron chi connectivity index (χ3n) is 4.23. The number of hydrogen-bond donors (Lipinski definition) is 2. The van der Waals surface area contributed by atoms with Gasteiger partial charge in [-0.05, 0) is 38.1 Å². The molecule has 3 heteroatoms. The number of aliphatic hydroxyl groups excluding tert-OH is 1. The molecule has 1 aliphatic carbocycles. The van der Waals surface area contributed by atoms with Crippen molar-refractivity contribution >= 4 is 0 Å². The third-order valence-corrected chi connectivity index (χ3v) is 4.23. The second-order valence-electron chi connectivity index (χ2n) is 5.99. The maximum absolute atomic E-state index is 11.2. The van der Waals surface area contributed by atoms with Crippen LogP contribution in [0.25, 0.3) is 0 Å². The molecule has 0 saturated heterocycles. The maximum Gasteiger partial charge on any atom is 0.0936 e. The summed E-state index contributed by atoms with van der Waals surface area (Å²) < 4.78 is 0. The van der Waals surface area contributed by atoms with Crippen molar-refractivity contribution < 1.29 is 10.2 Å². The summed E-state index contributed by atoms with van der Waals surface area (Å²) in [5.41, 5.74) is 1.10. The molecular formula is C16H25NO2. The summed E-state index contributed by atoms with van der Waals surface area (Å²) in [6.07, 6.45) is 4.16. The van der Waals surface area contributed by atoms with Crippen molar-refractivity contribution in [2.24, 2.45) is 5.92 Å². The summed E-state index contributed by atoms with van der Waals surface area (Å²) in [7, 11) is 4.11. The highest BCUT2D eigenvalue weighted by Crippen LogP contribution is 2.42. The smallest absolute Gasteiger partial charge is 0.0936 e. The molecule has 2 rings (SSSR count). The number of rotatable bonds is 4. The molecule has 2 N–H and O–H groups in total. The fourth-order valence-electron chi connectivity index (χ4n) is 3.23. The quantitative estimate of drug-likeness (QED) is 0.874. The van der Waals surface area contributed by atoms with Crippen molar-refractivity contribution in [3.8, 4) is 0 Å². The Morgan fingerprint density at radius 3 is 2.79 bits per heavy atom. The number of nitrogens with zero attached hydrogens (tertiary/aromatic N) is 1. The van der Waals surface area contributed by atoms with E-state index in [0.717, 1.165) is 36.9 Å².